The first kappa shape index (κ1) is 21.9. The molecule has 0 spiro atoms. The topological polar surface area (TPSA) is 38.8 Å². The molecule has 5 nitrogen and oxygen atoms in total. The minimum Gasteiger partial charge on any atom is -0.378 e. The van der Waals surface area contributed by atoms with Crippen LogP contribution in [0.15, 0.2) is 84.9 Å². The minimum atomic E-state index is -0.0246. The predicted octanol–water partition coefficient (Wildman–Crippen LogP) is 4.05. The highest BCUT2D eigenvalue weighted by Crippen LogP contribution is 2.26. The van der Waals surface area contributed by atoms with Crippen molar-refractivity contribution in [2.45, 2.75) is 6.04 Å². The number of piperazine rings is 1. The Morgan fingerprint density at radius 3 is 2.03 bits per heavy atom. The van der Waals surface area contributed by atoms with E-state index in [-0.39, 0.29) is 11.9 Å². The standard InChI is InChI=1S/C27H32N4O/c1-29(2)24-15-13-22(14-16-24)26(21-28-27(32)23-9-5-3-6-10-23)31-19-17-30(18-20-31)25-11-7-4-8-12-25/h3-16,26H,17-21H2,1-2H3,(H,28,32)/t26-/m1/s1. The fraction of sp³-hybridized carbons (Fsp3) is 0.296. The number of hydrogen-bond donors (Lipinski definition) is 1. The third-order valence-electron chi connectivity index (χ3n) is 6.16. The highest BCUT2D eigenvalue weighted by Gasteiger charge is 2.26. The molecule has 166 valence electrons. The van der Waals surface area contributed by atoms with Crippen molar-refractivity contribution in [1.82, 2.24) is 10.2 Å². The van der Waals surface area contributed by atoms with E-state index >= 15 is 0 Å². The van der Waals surface area contributed by atoms with Gasteiger partial charge in [-0.25, -0.2) is 0 Å². The Kier molecular flexibility index (Phi) is 7.07. The number of hydrogen-bond acceptors (Lipinski definition) is 4. The summed E-state index contributed by atoms with van der Waals surface area (Å²) in [5.74, 6) is -0.0246. The molecule has 0 aliphatic carbocycles. The van der Waals surface area contributed by atoms with Crippen LogP contribution in [-0.4, -0.2) is 57.6 Å². The molecule has 1 atom stereocenters. The molecular formula is C27H32N4O. The van der Waals surface area contributed by atoms with E-state index in [4.69, 9.17) is 0 Å². The van der Waals surface area contributed by atoms with Crippen LogP contribution >= 0.6 is 0 Å². The molecule has 1 aliphatic rings. The fourth-order valence-electron chi connectivity index (χ4n) is 4.26. The second-order valence-corrected chi connectivity index (χ2v) is 8.44. The number of nitrogens with one attached hydrogen (secondary N) is 1. The highest BCUT2D eigenvalue weighted by atomic mass is 16.1. The van der Waals surface area contributed by atoms with Crippen molar-refractivity contribution in [1.29, 1.82) is 0 Å². The van der Waals surface area contributed by atoms with Gasteiger partial charge < -0.3 is 15.1 Å². The van der Waals surface area contributed by atoms with Crippen molar-refractivity contribution in [3.8, 4) is 0 Å². The fourth-order valence-corrected chi connectivity index (χ4v) is 4.26. The summed E-state index contributed by atoms with van der Waals surface area (Å²) in [6, 6.07) is 28.9. The Bertz CT molecular complexity index is 981. The SMILES string of the molecule is CN(C)c1ccc([C@@H](CNC(=O)c2ccccc2)N2CCN(c3ccccc3)CC2)cc1. The first-order chi connectivity index (χ1) is 15.6. The normalized spacial score (nSPS) is 15.2. The zero-order chi connectivity index (χ0) is 22.3. The van der Waals surface area contributed by atoms with Crippen LogP contribution in [0.5, 0.6) is 0 Å². The molecule has 1 fully saturated rings. The van der Waals surface area contributed by atoms with Crippen LogP contribution in [0, 0.1) is 0 Å². The van der Waals surface area contributed by atoms with Crippen LogP contribution in [-0.2, 0) is 0 Å². The number of carbonyl (C=O) groups excluding carboxylic acids is 1. The Balaban J connectivity index is 1.48. The molecule has 4 rings (SSSR count). The highest BCUT2D eigenvalue weighted by molar-refractivity contribution is 5.94. The van der Waals surface area contributed by atoms with Gasteiger partial charge in [0.1, 0.15) is 0 Å². The molecule has 1 amide bonds. The minimum absolute atomic E-state index is 0.0246. The third kappa shape index (κ3) is 5.29. The maximum Gasteiger partial charge on any atom is 0.251 e. The molecule has 1 heterocycles. The van der Waals surface area contributed by atoms with Crippen LogP contribution in [0.1, 0.15) is 22.0 Å². The average Bonchev–Trinajstić information content (AvgIpc) is 2.86. The van der Waals surface area contributed by atoms with Gasteiger partial charge in [-0.3, -0.25) is 9.69 Å². The van der Waals surface area contributed by atoms with E-state index in [2.05, 4.69) is 88.7 Å². The number of rotatable bonds is 7. The first-order valence-electron chi connectivity index (χ1n) is 11.3. The Morgan fingerprint density at radius 2 is 1.44 bits per heavy atom. The van der Waals surface area contributed by atoms with Gasteiger partial charge in [-0.1, -0.05) is 48.5 Å². The van der Waals surface area contributed by atoms with Gasteiger partial charge in [0.05, 0.1) is 6.04 Å². The maximum atomic E-state index is 12.7. The molecule has 1 aliphatic heterocycles. The second kappa shape index (κ2) is 10.3. The molecular weight excluding hydrogens is 396 g/mol. The molecule has 0 aromatic heterocycles. The number of carbonyl (C=O) groups is 1. The number of benzene rings is 3. The second-order valence-electron chi connectivity index (χ2n) is 8.44. The van der Waals surface area contributed by atoms with Crippen molar-refractivity contribution in [3.05, 3.63) is 96.1 Å². The third-order valence-corrected chi connectivity index (χ3v) is 6.16. The molecule has 5 heteroatoms. The monoisotopic (exact) mass is 428 g/mol. The number of nitrogens with zero attached hydrogens (tertiary/aromatic N) is 3. The lowest BCUT2D eigenvalue weighted by Gasteiger charge is -2.40. The number of amides is 1. The van der Waals surface area contributed by atoms with E-state index < -0.39 is 0 Å². The van der Waals surface area contributed by atoms with Gasteiger partial charge >= 0.3 is 0 Å². The predicted molar refractivity (Wildman–Crippen MR) is 133 cm³/mol. The summed E-state index contributed by atoms with van der Waals surface area (Å²) in [7, 11) is 4.10. The van der Waals surface area contributed by atoms with Crippen LogP contribution in [0.4, 0.5) is 11.4 Å². The van der Waals surface area contributed by atoms with Gasteiger partial charge in [-0.05, 0) is 42.0 Å². The van der Waals surface area contributed by atoms with Crippen LogP contribution < -0.4 is 15.1 Å². The summed E-state index contributed by atoms with van der Waals surface area (Å²) < 4.78 is 0. The molecule has 1 saturated heterocycles. The van der Waals surface area contributed by atoms with Crippen molar-refractivity contribution in [2.24, 2.45) is 0 Å². The number of para-hydroxylation sites is 1. The molecule has 32 heavy (non-hydrogen) atoms. The maximum absolute atomic E-state index is 12.7. The molecule has 0 radical (unpaired) electrons. The van der Waals surface area contributed by atoms with E-state index in [1.54, 1.807) is 0 Å². The summed E-state index contributed by atoms with van der Waals surface area (Å²) in [5, 5.41) is 3.17. The summed E-state index contributed by atoms with van der Waals surface area (Å²) in [5.41, 5.74) is 4.38. The molecule has 1 N–H and O–H groups in total. The first-order valence-corrected chi connectivity index (χ1v) is 11.3. The lowest BCUT2D eigenvalue weighted by Crippen LogP contribution is -2.50. The van der Waals surface area contributed by atoms with E-state index in [9.17, 15) is 4.79 Å². The van der Waals surface area contributed by atoms with Crippen molar-refractivity contribution >= 4 is 17.3 Å². The Morgan fingerprint density at radius 1 is 0.844 bits per heavy atom. The van der Waals surface area contributed by atoms with E-state index in [1.165, 1.54) is 16.9 Å². The Hall–Kier alpha value is -3.31. The van der Waals surface area contributed by atoms with Gasteiger partial charge in [-0.2, -0.15) is 0 Å². The Labute approximate surface area is 191 Å². The summed E-state index contributed by atoms with van der Waals surface area (Å²) in [6.45, 7) is 4.44. The van der Waals surface area contributed by atoms with E-state index in [0.717, 1.165) is 26.2 Å². The van der Waals surface area contributed by atoms with Crippen molar-refractivity contribution < 1.29 is 4.79 Å². The van der Waals surface area contributed by atoms with Crippen molar-refractivity contribution in [2.75, 3.05) is 56.6 Å². The van der Waals surface area contributed by atoms with Gasteiger partial charge in [-0.15, -0.1) is 0 Å². The molecule has 0 unspecified atom stereocenters. The lowest BCUT2D eigenvalue weighted by molar-refractivity contribution is 0.0930. The van der Waals surface area contributed by atoms with Gasteiger partial charge in [0, 0.05) is 63.8 Å². The van der Waals surface area contributed by atoms with Gasteiger partial charge in [0.15, 0.2) is 0 Å². The molecule has 3 aromatic carbocycles. The van der Waals surface area contributed by atoms with Crippen LogP contribution in [0.2, 0.25) is 0 Å². The summed E-state index contributed by atoms with van der Waals surface area (Å²) in [6.07, 6.45) is 0. The summed E-state index contributed by atoms with van der Waals surface area (Å²) >= 11 is 0. The smallest absolute Gasteiger partial charge is 0.251 e. The van der Waals surface area contributed by atoms with Crippen LogP contribution in [0.25, 0.3) is 0 Å². The quantitative estimate of drug-likeness (QED) is 0.616. The largest absolute Gasteiger partial charge is 0.378 e. The van der Waals surface area contributed by atoms with E-state index in [0.29, 0.717) is 12.1 Å². The van der Waals surface area contributed by atoms with Crippen molar-refractivity contribution in [3.63, 3.8) is 0 Å². The molecule has 0 bridgehead atoms. The average molecular weight is 429 g/mol. The van der Waals surface area contributed by atoms with Crippen LogP contribution in [0.3, 0.4) is 0 Å². The van der Waals surface area contributed by atoms with Gasteiger partial charge in [0.25, 0.3) is 5.91 Å². The summed E-state index contributed by atoms with van der Waals surface area (Å²) in [4.78, 5) is 19.7. The lowest BCUT2D eigenvalue weighted by atomic mass is 10.0. The van der Waals surface area contributed by atoms with E-state index in [1.807, 2.05) is 30.3 Å². The zero-order valence-electron chi connectivity index (χ0n) is 18.9. The molecule has 0 saturated carbocycles. The zero-order valence-corrected chi connectivity index (χ0v) is 18.9. The number of anilines is 2. The molecule has 3 aromatic rings. The van der Waals surface area contributed by atoms with Gasteiger partial charge in [0.2, 0.25) is 0 Å².